The average Bonchev–Trinajstić information content (AvgIpc) is 2.69. The van der Waals surface area contributed by atoms with E-state index >= 15 is 0 Å². The van der Waals surface area contributed by atoms with Gasteiger partial charge < -0.3 is 14.6 Å². The van der Waals surface area contributed by atoms with Gasteiger partial charge in [0.2, 0.25) is 0 Å². The molecule has 3 rings (SSSR count). The van der Waals surface area contributed by atoms with Crippen molar-refractivity contribution in [2.45, 2.75) is 6.04 Å². The van der Waals surface area contributed by atoms with Gasteiger partial charge in [0.15, 0.2) is 5.65 Å². The van der Waals surface area contributed by atoms with Crippen LogP contribution >= 0.6 is 0 Å². The van der Waals surface area contributed by atoms with E-state index in [1.807, 2.05) is 19.2 Å². The molecule has 0 radical (unpaired) electrons. The van der Waals surface area contributed by atoms with Gasteiger partial charge in [0.05, 0.1) is 24.8 Å². The Bertz CT molecular complexity index is 502. The molecule has 1 aliphatic heterocycles. The Morgan fingerprint density at radius 2 is 2.50 bits per heavy atom. The number of ether oxygens (including phenoxy) is 1. The molecular weight excluding hydrogens is 204 g/mol. The SMILES string of the molecule is Cn1c(C2COCCN2)nc2ncccc21. The Morgan fingerprint density at radius 1 is 1.56 bits per heavy atom. The second-order valence-electron chi connectivity index (χ2n) is 3.96. The van der Waals surface area contributed by atoms with Crippen LogP contribution in [0.1, 0.15) is 11.9 Å². The predicted molar refractivity (Wildman–Crippen MR) is 60.1 cm³/mol. The lowest BCUT2D eigenvalue weighted by atomic mass is 10.2. The van der Waals surface area contributed by atoms with Gasteiger partial charge >= 0.3 is 0 Å². The standard InChI is InChI=1S/C11H14N4O/c1-15-9-3-2-4-13-10(9)14-11(15)8-7-16-6-5-12-8/h2-4,8,12H,5-7H2,1H3. The van der Waals surface area contributed by atoms with Crippen molar-refractivity contribution in [3.63, 3.8) is 0 Å². The summed E-state index contributed by atoms with van der Waals surface area (Å²) in [5, 5.41) is 3.40. The summed E-state index contributed by atoms with van der Waals surface area (Å²) < 4.78 is 7.53. The van der Waals surface area contributed by atoms with E-state index in [2.05, 4.69) is 19.9 Å². The normalized spacial score (nSPS) is 21.4. The second kappa shape index (κ2) is 3.84. The molecule has 5 heteroatoms. The summed E-state index contributed by atoms with van der Waals surface area (Å²) in [7, 11) is 2.02. The molecule has 3 heterocycles. The first-order chi connectivity index (χ1) is 7.86. The van der Waals surface area contributed by atoms with Crippen LogP contribution in [0.25, 0.3) is 11.2 Å². The number of nitrogens with zero attached hydrogens (tertiary/aromatic N) is 3. The molecule has 1 N–H and O–H groups in total. The predicted octanol–water partition coefficient (Wildman–Crippen LogP) is 0.629. The van der Waals surface area contributed by atoms with Gasteiger partial charge in [0, 0.05) is 19.8 Å². The molecule has 0 bridgehead atoms. The molecule has 2 aromatic heterocycles. The topological polar surface area (TPSA) is 52.0 Å². The van der Waals surface area contributed by atoms with Gasteiger partial charge in [0.1, 0.15) is 5.82 Å². The highest BCUT2D eigenvalue weighted by Crippen LogP contribution is 2.19. The molecule has 16 heavy (non-hydrogen) atoms. The third-order valence-electron chi connectivity index (χ3n) is 2.92. The summed E-state index contributed by atoms with van der Waals surface area (Å²) in [5.41, 5.74) is 1.86. The first-order valence-electron chi connectivity index (χ1n) is 5.45. The maximum absolute atomic E-state index is 5.45. The summed E-state index contributed by atoms with van der Waals surface area (Å²) in [5.74, 6) is 0.994. The minimum Gasteiger partial charge on any atom is -0.378 e. The van der Waals surface area contributed by atoms with Crippen molar-refractivity contribution in [2.24, 2.45) is 7.05 Å². The van der Waals surface area contributed by atoms with E-state index in [0.717, 1.165) is 30.1 Å². The third kappa shape index (κ3) is 1.48. The minimum absolute atomic E-state index is 0.174. The highest BCUT2D eigenvalue weighted by atomic mass is 16.5. The number of aryl methyl sites for hydroxylation is 1. The first kappa shape index (κ1) is 9.74. The number of hydrogen-bond acceptors (Lipinski definition) is 4. The molecule has 0 amide bonds. The summed E-state index contributed by atoms with van der Waals surface area (Å²) in [6.45, 7) is 2.33. The molecule has 84 valence electrons. The van der Waals surface area contributed by atoms with E-state index < -0.39 is 0 Å². The van der Waals surface area contributed by atoms with E-state index in [9.17, 15) is 0 Å². The van der Waals surface area contributed by atoms with Crippen molar-refractivity contribution in [1.82, 2.24) is 19.9 Å². The molecule has 5 nitrogen and oxygen atoms in total. The van der Waals surface area contributed by atoms with Crippen molar-refractivity contribution >= 4 is 11.2 Å². The molecule has 0 saturated carbocycles. The van der Waals surface area contributed by atoms with Crippen LogP contribution in [0.15, 0.2) is 18.3 Å². The third-order valence-corrected chi connectivity index (χ3v) is 2.92. The van der Waals surface area contributed by atoms with Crippen molar-refractivity contribution < 1.29 is 4.74 Å². The van der Waals surface area contributed by atoms with Crippen molar-refractivity contribution in [3.05, 3.63) is 24.2 Å². The molecule has 2 aromatic rings. The van der Waals surface area contributed by atoms with E-state index in [1.54, 1.807) is 6.20 Å². The molecule has 1 unspecified atom stereocenters. The molecular formula is C11H14N4O. The lowest BCUT2D eigenvalue weighted by Gasteiger charge is -2.23. The van der Waals surface area contributed by atoms with Crippen molar-refractivity contribution in [3.8, 4) is 0 Å². The van der Waals surface area contributed by atoms with Gasteiger partial charge in [-0.25, -0.2) is 9.97 Å². The zero-order chi connectivity index (χ0) is 11.0. The Labute approximate surface area is 93.5 Å². The number of aromatic nitrogens is 3. The van der Waals surface area contributed by atoms with Crippen LogP contribution in [0, 0.1) is 0 Å². The van der Waals surface area contributed by atoms with Crippen LogP contribution < -0.4 is 5.32 Å². The Hall–Kier alpha value is -1.46. The van der Waals surface area contributed by atoms with Gasteiger partial charge in [-0.1, -0.05) is 0 Å². The zero-order valence-corrected chi connectivity index (χ0v) is 9.18. The van der Waals surface area contributed by atoms with Crippen LogP contribution in [-0.4, -0.2) is 34.3 Å². The number of nitrogens with one attached hydrogen (secondary N) is 1. The largest absolute Gasteiger partial charge is 0.378 e. The van der Waals surface area contributed by atoms with E-state index in [1.165, 1.54) is 0 Å². The van der Waals surface area contributed by atoms with Gasteiger partial charge in [-0.05, 0) is 12.1 Å². The smallest absolute Gasteiger partial charge is 0.177 e. The van der Waals surface area contributed by atoms with Gasteiger partial charge in [-0.2, -0.15) is 0 Å². The van der Waals surface area contributed by atoms with E-state index in [4.69, 9.17) is 4.74 Å². The number of fused-ring (bicyclic) bond motifs is 1. The highest BCUT2D eigenvalue weighted by Gasteiger charge is 2.21. The Morgan fingerprint density at radius 3 is 3.25 bits per heavy atom. The lowest BCUT2D eigenvalue weighted by molar-refractivity contribution is 0.0735. The molecule has 0 aliphatic carbocycles. The summed E-state index contributed by atoms with van der Waals surface area (Å²) >= 11 is 0. The monoisotopic (exact) mass is 218 g/mol. The fourth-order valence-corrected chi connectivity index (χ4v) is 2.09. The maximum Gasteiger partial charge on any atom is 0.177 e. The summed E-state index contributed by atoms with van der Waals surface area (Å²) in [6.07, 6.45) is 1.77. The van der Waals surface area contributed by atoms with Gasteiger partial charge in [-0.15, -0.1) is 0 Å². The van der Waals surface area contributed by atoms with Crippen LogP contribution in [0.2, 0.25) is 0 Å². The number of hydrogen-bond donors (Lipinski definition) is 1. The lowest BCUT2D eigenvalue weighted by Crippen LogP contribution is -2.36. The quantitative estimate of drug-likeness (QED) is 0.762. The number of imidazole rings is 1. The number of rotatable bonds is 1. The van der Waals surface area contributed by atoms with Crippen LogP contribution in [0.5, 0.6) is 0 Å². The fraction of sp³-hybridized carbons (Fsp3) is 0.455. The van der Waals surface area contributed by atoms with E-state index in [-0.39, 0.29) is 6.04 Å². The maximum atomic E-state index is 5.45. The van der Waals surface area contributed by atoms with Crippen LogP contribution in [0.3, 0.4) is 0 Å². The first-order valence-corrected chi connectivity index (χ1v) is 5.45. The molecule has 0 spiro atoms. The van der Waals surface area contributed by atoms with Crippen LogP contribution in [0.4, 0.5) is 0 Å². The van der Waals surface area contributed by atoms with Gasteiger partial charge in [-0.3, -0.25) is 0 Å². The van der Waals surface area contributed by atoms with Crippen molar-refractivity contribution in [1.29, 1.82) is 0 Å². The van der Waals surface area contributed by atoms with Crippen LogP contribution in [-0.2, 0) is 11.8 Å². The summed E-state index contributed by atoms with van der Waals surface area (Å²) in [6, 6.07) is 4.13. The summed E-state index contributed by atoms with van der Waals surface area (Å²) in [4.78, 5) is 8.80. The number of morpholine rings is 1. The van der Waals surface area contributed by atoms with Gasteiger partial charge in [0.25, 0.3) is 0 Å². The molecule has 1 saturated heterocycles. The second-order valence-corrected chi connectivity index (χ2v) is 3.96. The number of pyridine rings is 1. The molecule has 1 fully saturated rings. The Balaban J connectivity index is 2.05. The highest BCUT2D eigenvalue weighted by molar-refractivity contribution is 5.71. The molecule has 1 atom stereocenters. The molecule has 0 aromatic carbocycles. The zero-order valence-electron chi connectivity index (χ0n) is 9.18. The van der Waals surface area contributed by atoms with E-state index in [0.29, 0.717) is 6.61 Å². The average molecular weight is 218 g/mol. The fourth-order valence-electron chi connectivity index (χ4n) is 2.09. The van der Waals surface area contributed by atoms with Crippen molar-refractivity contribution in [2.75, 3.05) is 19.8 Å². The molecule has 1 aliphatic rings. The Kier molecular flexibility index (Phi) is 2.34. The minimum atomic E-state index is 0.174.